The van der Waals surface area contributed by atoms with Gasteiger partial charge in [-0.15, -0.1) is 35.6 Å². The Labute approximate surface area is 192 Å². The maximum absolute atomic E-state index is 12.7. The van der Waals surface area contributed by atoms with Crippen LogP contribution in [0.15, 0.2) is 36.4 Å². The van der Waals surface area contributed by atoms with E-state index in [2.05, 4.69) is 5.32 Å². The van der Waals surface area contributed by atoms with Crippen LogP contribution >= 0.6 is 70.4 Å². The first kappa shape index (κ1) is 23.4. The van der Waals surface area contributed by atoms with Crippen LogP contribution < -0.4 is 16.6 Å². The summed E-state index contributed by atoms with van der Waals surface area (Å²) < 4.78 is -1.30. The number of amides is 2. The van der Waals surface area contributed by atoms with Gasteiger partial charge in [0.25, 0.3) is 5.91 Å². The second kappa shape index (κ2) is 8.84. The van der Waals surface area contributed by atoms with Crippen molar-refractivity contribution in [1.82, 2.24) is 5.43 Å². The van der Waals surface area contributed by atoms with Gasteiger partial charge in [-0.05, 0) is 42.0 Å². The molecule has 2 aromatic carbocycles. The van der Waals surface area contributed by atoms with Gasteiger partial charge in [0.2, 0.25) is 5.91 Å². The van der Waals surface area contributed by atoms with Crippen molar-refractivity contribution in [2.24, 2.45) is 11.8 Å². The van der Waals surface area contributed by atoms with Gasteiger partial charge in [-0.1, -0.05) is 34.8 Å². The Balaban J connectivity index is 0.00000280. The topological polar surface area (TPSA) is 84.2 Å². The lowest BCUT2D eigenvalue weighted by molar-refractivity contribution is -0.117. The number of alkyl halides is 2. The summed E-state index contributed by atoms with van der Waals surface area (Å²) in [4.78, 5) is 24.4. The van der Waals surface area contributed by atoms with Gasteiger partial charge in [0, 0.05) is 21.7 Å². The van der Waals surface area contributed by atoms with E-state index in [-0.39, 0.29) is 23.0 Å². The van der Waals surface area contributed by atoms with Gasteiger partial charge in [0.05, 0.1) is 16.5 Å². The van der Waals surface area contributed by atoms with E-state index >= 15 is 0 Å². The number of hydrogen-bond donors (Lipinski definition) is 3. The van der Waals surface area contributed by atoms with Gasteiger partial charge in [0.1, 0.15) is 4.33 Å². The van der Waals surface area contributed by atoms with E-state index in [1.165, 1.54) is 12.1 Å². The molecule has 2 atom stereocenters. The number of carbonyl (C=O) groups is 2. The van der Waals surface area contributed by atoms with Crippen LogP contribution in [0.4, 0.5) is 5.69 Å². The molecule has 1 saturated carbocycles. The number of halogens is 6. The fourth-order valence-electron chi connectivity index (χ4n) is 2.90. The van der Waals surface area contributed by atoms with E-state index in [1.54, 1.807) is 24.3 Å². The third-order valence-electron chi connectivity index (χ3n) is 4.19. The molecule has 28 heavy (non-hydrogen) atoms. The normalized spacial score (nSPS) is 19.4. The molecule has 1 fully saturated rings. The van der Waals surface area contributed by atoms with Crippen LogP contribution in [0.5, 0.6) is 0 Å². The summed E-state index contributed by atoms with van der Waals surface area (Å²) >= 11 is 30.6. The standard InChI is InChI=1S/C17H12Cl5N3O2.ClH/c18-8-3-7(4-9(19)5-8)13-14(17(13,21)22)16(27)24-10-1-2-12(20)11(6-10)15(26)25-23;/h1-6,13-14H,23H2,(H,24,27)(H,25,26);1H/t13-,14+;/m0./s1. The molecule has 0 aliphatic heterocycles. The maximum atomic E-state index is 12.7. The summed E-state index contributed by atoms with van der Waals surface area (Å²) in [7, 11) is 0. The maximum Gasteiger partial charge on any atom is 0.266 e. The Hall–Kier alpha value is -0.920. The monoisotopic (exact) mass is 501 g/mol. The average molecular weight is 504 g/mol. The van der Waals surface area contributed by atoms with Gasteiger partial charge >= 0.3 is 0 Å². The van der Waals surface area contributed by atoms with Crippen LogP contribution in [0.3, 0.4) is 0 Å². The average Bonchev–Trinajstić information content (AvgIpc) is 3.17. The molecule has 0 heterocycles. The van der Waals surface area contributed by atoms with Crippen molar-refractivity contribution >= 4 is 87.9 Å². The summed E-state index contributed by atoms with van der Waals surface area (Å²) in [6, 6.07) is 9.32. The molecule has 1 aliphatic rings. The van der Waals surface area contributed by atoms with Gasteiger partial charge in [-0.25, -0.2) is 5.84 Å². The molecule has 1 aliphatic carbocycles. The van der Waals surface area contributed by atoms with Crippen molar-refractivity contribution in [3.8, 4) is 0 Å². The minimum atomic E-state index is -1.30. The van der Waals surface area contributed by atoms with E-state index in [9.17, 15) is 9.59 Å². The predicted molar refractivity (Wildman–Crippen MR) is 116 cm³/mol. The quantitative estimate of drug-likeness (QED) is 0.232. The fourth-order valence-corrected chi connectivity index (χ4v) is 4.47. The van der Waals surface area contributed by atoms with Crippen LogP contribution in [0, 0.1) is 5.92 Å². The highest BCUT2D eigenvalue weighted by molar-refractivity contribution is 6.53. The summed E-state index contributed by atoms with van der Waals surface area (Å²) in [6.07, 6.45) is 0. The minimum absolute atomic E-state index is 0. The molecule has 0 radical (unpaired) electrons. The lowest BCUT2D eigenvalue weighted by Gasteiger charge is -2.08. The summed E-state index contributed by atoms with van der Waals surface area (Å²) in [5, 5.41) is 3.71. The first-order valence-electron chi connectivity index (χ1n) is 7.60. The molecule has 0 saturated heterocycles. The second-order valence-corrected chi connectivity index (χ2v) is 8.71. The summed E-state index contributed by atoms with van der Waals surface area (Å²) in [5.41, 5.74) is 3.12. The molecule has 0 unspecified atom stereocenters. The number of nitrogen functional groups attached to an aromatic ring is 1. The van der Waals surface area contributed by atoms with Gasteiger partial charge < -0.3 is 5.32 Å². The zero-order valence-electron chi connectivity index (χ0n) is 13.8. The lowest BCUT2D eigenvalue weighted by atomic mass is 10.1. The van der Waals surface area contributed by atoms with Crippen molar-refractivity contribution in [3.63, 3.8) is 0 Å². The molecule has 4 N–H and O–H groups in total. The number of nitrogens with one attached hydrogen (secondary N) is 2. The fraction of sp³-hybridized carbons (Fsp3) is 0.176. The smallest absolute Gasteiger partial charge is 0.266 e. The number of rotatable bonds is 4. The second-order valence-electron chi connectivity index (χ2n) is 5.99. The van der Waals surface area contributed by atoms with E-state index in [4.69, 9.17) is 63.8 Å². The first-order valence-corrected chi connectivity index (χ1v) is 9.49. The number of benzene rings is 2. The zero-order valence-corrected chi connectivity index (χ0v) is 18.4. The molecule has 0 aromatic heterocycles. The molecule has 2 amide bonds. The summed E-state index contributed by atoms with van der Waals surface area (Å²) in [6.45, 7) is 0. The molecule has 0 spiro atoms. The van der Waals surface area contributed by atoms with Crippen molar-refractivity contribution in [3.05, 3.63) is 62.6 Å². The van der Waals surface area contributed by atoms with Crippen molar-refractivity contribution in [2.75, 3.05) is 5.32 Å². The number of hydrazine groups is 1. The molecular weight excluding hydrogens is 491 g/mol. The largest absolute Gasteiger partial charge is 0.326 e. The van der Waals surface area contributed by atoms with Gasteiger partial charge in [-0.2, -0.15) is 0 Å². The number of hydrogen-bond acceptors (Lipinski definition) is 3. The number of anilines is 1. The van der Waals surface area contributed by atoms with Crippen LogP contribution in [0.25, 0.3) is 0 Å². The van der Waals surface area contributed by atoms with E-state index in [0.717, 1.165) is 0 Å². The van der Waals surface area contributed by atoms with Crippen LogP contribution in [-0.2, 0) is 4.79 Å². The van der Waals surface area contributed by atoms with E-state index in [1.807, 2.05) is 5.43 Å². The summed E-state index contributed by atoms with van der Waals surface area (Å²) in [5.74, 6) is 2.92. The molecule has 150 valence electrons. The first-order chi connectivity index (χ1) is 12.6. The Bertz CT molecular complexity index is 917. The molecular formula is C17H13Cl6N3O2. The third-order valence-corrected chi connectivity index (χ3v) is 5.90. The molecule has 5 nitrogen and oxygen atoms in total. The van der Waals surface area contributed by atoms with Crippen LogP contribution in [-0.4, -0.2) is 16.1 Å². The Kier molecular flexibility index (Phi) is 7.37. The van der Waals surface area contributed by atoms with E-state index < -0.39 is 28.0 Å². The molecule has 2 aromatic rings. The Morgan fingerprint density at radius 2 is 1.61 bits per heavy atom. The number of nitrogens with two attached hydrogens (primary N) is 1. The highest BCUT2D eigenvalue weighted by Gasteiger charge is 2.67. The minimum Gasteiger partial charge on any atom is -0.326 e. The molecule has 3 rings (SSSR count). The lowest BCUT2D eigenvalue weighted by Crippen LogP contribution is -2.30. The van der Waals surface area contributed by atoms with Crippen molar-refractivity contribution < 1.29 is 9.59 Å². The third kappa shape index (κ3) is 4.62. The van der Waals surface area contributed by atoms with Crippen LogP contribution in [0.1, 0.15) is 21.8 Å². The van der Waals surface area contributed by atoms with Crippen molar-refractivity contribution in [1.29, 1.82) is 0 Å². The van der Waals surface area contributed by atoms with E-state index in [0.29, 0.717) is 21.3 Å². The number of carbonyl (C=O) groups excluding carboxylic acids is 2. The Morgan fingerprint density at radius 3 is 2.18 bits per heavy atom. The van der Waals surface area contributed by atoms with Gasteiger partial charge in [-0.3, -0.25) is 15.0 Å². The molecule has 0 bridgehead atoms. The SMILES string of the molecule is Cl.NNC(=O)c1cc(NC(=O)[C@H]2[C@H](c3cc(Cl)cc(Cl)c3)C2(Cl)Cl)ccc1Cl. The predicted octanol–water partition coefficient (Wildman–Crippen LogP) is 5.20. The van der Waals surface area contributed by atoms with Crippen molar-refractivity contribution in [2.45, 2.75) is 10.3 Å². The molecule has 11 heteroatoms. The highest BCUT2D eigenvalue weighted by Crippen LogP contribution is 2.65. The highest BCUT2D eigenvalue weighted by atomic mass is 35.5. The van der Waals surface area contributed by atoms with Gasteiger partial charge in [0.15, 0.2) is 0 Å². The zero-order chi connectivity index (χ0) is 19.9. The Morgan fingerprint density at radius 1 is 1.00 bits per heavy atom. The van der Waals surface area contributed by atoms with Crippen LogP contribution in [0.2, 0.25) is 15.1 Å².